The fourth-order valence-electron chi connectivity index (χ4n) is 4.70. The molecule has 33 heavy (non-hydrogen) atoms. The van der Waals surface area contributed by atoms with E-state index in [-0.39, 0.29) is 11.7 Å². The second-order valence-corrected chi connectivity index (χ2v) is 10.9. The van der Waals surface area contributed by atoms with Crippen molar-refractivity contribution in [2.75, 3.05) is 13.2 Å². The molecular weight excluding hydrogens is 532 g/mol. The Bertz CT molecular complexity index is 1370. The first-order valence-corrected chi connectivity index (χ1v) is 12.4. The molecule has 1 fully saturated rings. The molecule has 0 atom stereocenters. The van der Waals surface area contributed by atoms with Crippen molar-refractivity contribution in [2.45, 2.75) is 46.5 Å². The molecule has 0 aliphatic carbocycles. The molecule has 3 heterocycles. The molecule has 0 amide bonds. The number of aromatic nitrogens is 3. The monoisotopic (exact) mass is 559 g/mol. The highest BCUT2D eigenvalue weighted by Gasteiger charge is 2.29. The molecule has 5 rings (SSSR count). The number of fused-ring (bicyclic) bond motifs is 2. The van der Waals surface area contributed by atoms with E-state index in [1.807, 2.05) is 39.8 Å². The van der Waals surface area contributed by atoms with Gasteiger partial charge in [-0.3, -0.25) is 4.79 Å². The summed E-state index contributed by atoms with van der Waals surface area (Å²) >= 11 is 2.43. The molecule has 2 aromatic carbocycles. The SMILES string of the molecule is Cc1nn(C(=O)C(C)(C)C)c2cc3c(I)c(C4CCOCC4)n(-c4ccc(F)cc4)c3cc12. The van der Waals surface area contributed by atoms with Crippen LogP contribution < -0.4 is 0 Å². The van der Waals surface area contributed by atoms with E-state index < -0.39 is 5.41 Å². The van der Waals surface area contributed by atoms with E-state index in [4.69, 9.17) is 4.74 Å². The number of aryl methyl sites for hydroxylation is 1. The van der Waals surface area contributed by atoms with Crippen LogP contribution in [0.15, 0.2) is 36.4 Å². The van der Waals surface area contributed by atoms with Crippen molar-refractivity contribution in [2.24, 2.45) is 5.41 Å². The summed E-state index contributed by atoms with van der Waals surface area (Å²) in [7, 11) is 0. The third-order valence-electron chi connectivity index (χ3n) is 6.45. The molecule has 1 aliphatic rings. The molecule has 1 saturated heterocycles. The first kappa shape index (κ1) is 22.5. The topological polar surface area (TPSA) is 49.1 Å². The second kappa shape index (κ2) is 8.20. The van der Waals surface area contributed by atoms with Gasteiger partial charge in [0.25, 0.3) is 5.91 Å². The highest BCUT2D eigenvalue weighted by molar-refractivity contribution is 14.1. The number of hydrogen-bond acceptors (Lipinski definition) is 3. The summed E-state index contributed by atoms with van der Waals surface area (Å²) in [5, 5.41) is 6.64. The molecule has 0 bridgehead atoms. The number of nitrogens with zero attached hydrogens (tertiary/aromatic N) is 3. The molecule has 4 aromatic rings. The van der Waals surface area contributed by atoms with Crippen molar-refractivity contribution in [1.29, 1.82) is 0 Å². The predicted molar refractivity (Wildman–Crippen MR) is 137 cm³/mol. The van der Waals surface area contributed by atoms with Crippen molar-refractivity contribution >= 4 is 50.3 Å². The maximum Gasteiger partial charge on any atom is 0.252 e. The molecule has 0 radical (unpaired) electrons. The van der Waals surface area contributed by atoms with E-state index in [9.17, 15) is 9.18 Å². The van der Waals surface area contributed by atoms with Gasteiger partial charge >= 0.3 is 0 Å². The molecule has 172 valence electrons. The van der Waals surface area contributed by atoms with Gasteiger partial charge in [-0.2, -0.15) is 9.78 Å². The average molecular weight is 559 g/mol. The zero-order chi connectivity index (χ0) is 23.5. The van der Waals surface area contributed by atoms with Gasteiger partial charge in [0.15, 0.2) is 0 Å². The summed E-state index contributed by atoms with van der Waals surface area (Å²) < 4.78 is 24.3. The van der Waals surface area contributed by atoms with Crippen LogP contribution in [-0.4, -0.2) is 33.5 Å². The van der Waals surface area contributed by atoms with Crippen molar-refractivity contribution < 1.29 is 13.9 Å². The summed E-state index contributed by atoms with van der Waals surface area (Å²) in [4.78, 5) is 13.1. The van der Waals surface area contributed by atoms with Crippen LogP contribution in [0.25, 0.3) is 27.5 Å². The first-order valence-electron chi connectivity index (χ1n) is 11.3. The third-order valence-corrected chi connectivity index (χ3v) is 7.59. The normalized spacial score (nSPS) is 15.6. The van der Waals surface area contributed by atoms with E-state index in [0.717, 1.165) is 62.8 Å². The van der Waals surface area contributed by atoms with E-state index >= 15 is 0 Å². The van der Waals surface area contributed by atoms with Crippen molar-refractivity contribution in [3.63, 3.8) is 0 Å². The van der Waals surface area contributed by atoms with Crippen molar-refractivity contribution in [3.05, 3.63) is 57.2 Å². The van der Waals surface area contributed by atoms with Gasteiger partial charge in [0.2, 0.25) is 0 Å². The minimum atomic E-state index is -0.541. The molecule has 1 aliphatic heterocycles. The number of hydrogen-bond donors (Lipinski definition) is 0. The Balaban J connectivity index is 1.83. The standard InChI is InChI=1S/C26H27FIN3O2/c1-15-19-13-21-20(14-22(19)31(29-15)25(32)26(2,3)4)23(28)24(16-9-11-33-12-10-16)30(21)18-7-5-17(27)6-8-18/h5-8,13-14,16H,9-12H2,1-4H3. The van der Waals surface area contributed by atoms with Gasteiger partial charge in [-0.1, -0.05) is 20.8 Å². The zero-order valence-electron chi connectivity index (χ0n) is 19.3. The number of carbonyl (C=O) groups is 1. The molecule has 5 nitrogen and oxygen atoms in total. The maximum atomic E-state index is 13.7. The number of carbonyl (C=O) groups excluding carboxylic acids is 1. The van der Waals surface area contributed by atoms with Crippen LogP contribution in [0.4, 0.5) is 4.39 Å². The fourth-order valence-corrected chi connectivity index (χ4v) is 5.81. The van der Waals surface area contributed by atoms with Crippen molar-refractivity contribution in [1.82, 2.24) is 14.3 Å². The molecule has 7 heteroatoms. The Labute approximate surface area is 206 Å². The van der Waals surface area contributed by atoms with Crippen LogP contribution in [-0.2, 0) is 4.74 Å². The van der Waals surface area contributed by atoms with E-state index in [1.165, 1.54) is 17.8 Å². The van der Waals surface area contributed by atoms with Crippen LogP contribution in [0.2, 0.25) is 0 Å². The highest BCUT2D eigenvalue weighted by atomic mass is 127. The van der Waals surface area contributed by atoms with Crippen LogP contribution in [0.1, 0.15) is 55.7 Å². The molecular formula is C26H27FIN3O2. The molecule has 0 unspecified atom stereocenters. The predicted octanol–water partition coefficient (Wildman–Crippen LogP) is 6.61. The largest absolute Gasteiger partial charge is 0.381 e. The first-order chi connectivity index (χ1) is 15.7. The summed E-state index contributed by atoms with van der Waals surface area (Å²) in [5.74, 6) is 0.0651. The summed E-state index contributed by atoms with van der Waals surface area (Å²) in [6.45, 7) is 9.15. The lowest BCUT2D eigenvalue weighted by molar-refractivity contribution is 0.0755. The Hall–Kier alpha value is -2.26. The Morgan fingerprint density at radius 2 is 1.73 bits per heavy atom. The van der Waals surface area contributed by atoms with Gasteiger partial charge in [-0.15, -0.1) is 0 Å². The number of ether oxygens (including phenoxy) is 1. The lowest BCUT2D eigenvalue weighted by atomic mass is 9.95. The zero-order valence-corrected chi connectivity index (χ0v) is 21.4. The molecule has 0 spiro atoms. The lowest BCUT2D eigenvalue weighted by Crippen LogP contribution is -2.27. The van der Waals surface area contributed by atoms with Crippen molar-refractivity contribution in [3.8, 4) is 5.69 Å². The molecule has 0 N–H and O–H groups in total. The van der Waals surface area contributed by atoms with E-state index in [0.29, 0.717) is 5.92 Å². The summed E-state index contributed by atoms with van der Waals surface area (Å²) in [5.41, 5.74) is 4.31. The Morgan fingerprint density at radius 1 is 1.09 bits per heavy atom. The molecule has 2 aromatic heterocycles. The smallest absolute Gasteiger partial charge is 0.252 e. The van der Waals surface area contributed by atoms with Crippen LogP contribution in [0.5, 0.6) is 0 Å². The summed E-state index contributed by atoms with van der Waals surface area (Å²) in [6, 6.07) is 10.9. The maximum absolute atomic E-state index is 13.7. The number of rotatable bonds is 2. The van der Waals surface area contributed by atoms with Crippen LogP contribution in [0, 0.1) is 21.7 Å². The van der Waals surface area contributed by atoms with Gasteiger partial charge in [0.1, 0.15) is 5.82 Å². The van der Waals surface area contributed by atoms with Gasteiger partial charge < -0.3 is 9.30 Å². The Morgan fingerprint density at radius 3 is 2.36 bits per heavy atom. The minimum Gasteiger partial charge on any atom is -0.381 e. The lowest BCUT2D eigenvalue weighted by Gasteiger charge is -2.24. The van der Waals surface area contributed by atoms with Gasteiger partial charge in [-0.05, 0) is 78.8 Å². The van der Waals surface area contributed by atoms with E-state index in [2.05, 4.69) is 44.4 Å². The van der Waals surface area contributed by atoms with Gasteiger partial charge in [0.05, 0.1) is 16.7 Å². The third kappa shape index (κ3) is 3.79. The van der Waals surface area contributed by atoms with Gasteiger partial charge in [-0.25, -0.2) is 4.39 Å². The quantitative estimate of drug-likeness (QED) is 0.260. The van der Waals surface area contributed by atoms with E-state index in [1.54, 1.807) is 4.68 Å². The minimum absolute atomic E-state index is 0.0300. The highest BCUT2D eigenvalue weighted by Crippen LogP contribution is 2.41. The second-order valence-electron chi connectivity index (χ2n) is 9.84. The fraction of sp³-hybridized carbons (Fsp3) is 0.385. The molecule has 0 saturated carbocycles. The van der Waals surface area contributed by atoms with Crippen LogP contribution >= 0.6 is 22.6 Å². The number of halogens is 2. The van der Waals surface area contributed by atoms with Crippen LogP contribution in [0.3, 0.4) is 0 Å². The number of benzene rings is 2. The Kier molecular flexibility index (Phi) is 5.60. The average Bonchev–Trinajstić information content (AvgIpc) is 3.26. The summed E-state index contributed by atoms with van der Waals surface area (Å²) in [6.07, 6.45) is 1.89. The van der Waals surface area contributed by atoms with Gasteiger partial charge in [0, 0.05) is 50.3 Å².